The van der Waals surface area contributed by atoms with Crippen molar-refractivity contribution in [1.29, 1.82) is 0 Å². The van der Waals surface area contributed by atoms with E-state index in [2.05, 4.69) is 49.8 Å². The van der Waals surface area contributed by atoms with Crippen molar-refractivity contribution in [1.82, 2.24) is 34.9 Å². The van der Waals surface area contributed by atoms with Crippen LogP contribution in [0.2, 0.25) is 0 Å². The zero-order chi connectivity index (χ0) is 32.8. The number of allylic oxidation sites excluding steroid dienone is 1. The van der Waals surface area contributed by atoms with E-state index in [9.17, 15) is 14.4 Å². The average Bonchev–Trinajstić information content (AvgIpc) is 3.44. The number of rotatable bonds is 14. The van der Waals surface area contributed by atoms with Crippen molar-refractivity contribution in [2.75, 3.05) is 58.0 Å². The van der Waals surface area contributed by atoms with E-state index in [1.807, 2.05) is 25.1 Å². The number of likely N-dealkylation sites (N-methyl/N-ethyl adjacent to an activating group) is 2. The number of unbranched alkanes of at least 4 members (excludes halogenated alkanes) is 1. The standard InChI is InChI=1S/C32H45N9O4/c1-7-17-33-29-25(13-10-9-11-18-34-30(43)23(3)40(6)28(42)14-12-19-39(4)5)21-35-31(38-29)37-26-16-15-24-22-36-41(27(24)20-26)32(44)45-8-2/h12,14,20-23H,7-9,11,15-19H2,1-6H3,(H,34,43)(H2,33,35,37,38)/b14-12+/t23-/m0/s1. The number of anilines is 2. The molecular weight excluding hydrogens is 574 g/mol. The Labute approximate surface area is 265 Å². The Morgan fingerprint density at radius 2 is 1.96 bits per heavy atom. The summed E-state index contributed by atoms with van der Waals surface area (Å²) in [5, 5.41) is 13.7. The lowest BCUT2D eigenvalue weighted by Gasteiger charge is -2.23. The van der Waals surface area contributed by atoms with Gasteiger partial charge in [0.05, 0.1) is 30.3 Å². The van der Waals surface area contributed by atoms with Crippen LogP contribution in [0.15, 0.2) is 30.2 Å². The van der Waals surface area contributed by atoms with Crippen LogP contribution >= 0.6 is 0 Å². The second kappa shape index (κ2) is 17.6. The van der Waals surface area contributed by atoms with E-state index >= 15 is 0 Å². The molecule has 13 heteroatoms. The van der Waals surface area contributed by atoms with Gasteiger partial charge in [0, 0.05) is 44.9 Å². The van der Waals surface area contributed by atoms with Crippen LogP contribution in [0.3, 0.4) is 0 Å². The molecule has 0 aliphatic heterocycles. The highest BCUT2D eigenvalue weighted by Gasteiger charge is 2.21. The van der Waals surface area contributed by atoms with Crippen LogP contribution < -0.4 is 16.0 Å². The Morgan fingerprint density at radius 1 is 1.16 bits per heavy atom. The number of hydrogen-bond acceptors (Lipinski definition) is 10. The Morgan fingerprint density at radius 3 is 2.69 bits per heavy atom. The summed E-state index contributed by atoms with van der Waals surface area (Å²) < 4.78 is 6.38. The van der Waals surface area contributed by atoms with Crippen molar-refractivity contribution >= 4 is 35.7 Å². The predicted octanol–water partition coefficient (Wildman–Crippen LogP) is 3.11. The summed E-state index contributed by atoms with van der Waals surface area (Å²) in [4.78, 5) is 49.6. The highest BCUT2D eigenvalue weighted by atomic mass is 16.5. The minimum absolute atomic E-state index is 0.211. The SMILES string of the molecule is CCCNc1nc(NC2=Cc3c(cnn3C(=O)OCC)CC2)ncc1C#CCCCNC(=O)[C@H](C)N(C)C(=O)/C=C/CN(C)C. The molecule has 1 aliphatic carbocycles. The molecule has 0 aromatic carbocycles. The van der Waals surface area contributed by atoms with Crippen molar-refractivity contribution in [2.24, 2.45) is 0 Å². The third-order valence-corrected chi connectivity index (χ3v) is 6.95. The van der Waals surface area contributed by atoms with Crippen LogP contribution in [-0.4, -0.2) is 101 Å². The molecule has 0 bridgehead atoms. The largest absolute Gasteiger partial charge is 0.448 e. The number of fused-ring (bicyclic) bond motifs is 1. The number of nitrogens with zero attached hydrogens (tertiary/aromatic N) is 6. The topological polar surface area (TPSA) is 147 Å². The number of carbonyl (C=O) groups is 3. The normalized spacial score (nSPS) is 12.9. The van der Waals surface area contributed by atoms with Gasteiger partial charge in [-0.05, 0) is 65.3 Å². The third-order valence-electron chi connectivity index (χ3n) is 6.95. The second-order valence-corrected chi connectivity index (χ2v) is 10.8. The molecule has 2 heterocycles. The summed E-state index contributed by atoms with van der Waals surface area (Å²) in [6.45, 7) is 7.62. The molecule has 45 heavy (non-hydrogen) atoms. The highest BCUT2D eigenvalue weighted by molar-refractivity contribution is 5.92. The first-order chi connectivity index (χ1) is 21.6. The number of ether oxygens (including phenoxy) is 1. The summed E-state index contributed by atoms with van der Waals surface area (Å²) >= 11 is 0. The van der Waals surface area contributed by atoms with Crippen LogP contribution in [0.25, 0.3) is 6.08 Å². The number of hydrogen-bond donors (Lipinski definition) is 3. The highest BCUT2D eigenvalue weighted by Crippen LogP contribution is 2.25. The Hall–Kier alpha value is -4.70. The fraction of sp³-hybridized carbons (Fsp3) is 0.500. The quantitative estimate of drug-likeness (QED) is 0.164. The molecule has 0 unspecified atom stereocenters. The predicted molar refractivity (Wildman–Crippen MR) is 174 cm³/mol. The molecule has 0 saturated carbocycles. The van der Waals surface area contributed by atoms with Gasteiger partial charge in [0.15, 0.2) is 0 Å². The molecule has 0 saturated heterocycles. The minimum Gasteiger partial charge on any atom is -0.448 e. The average molecular weight is 620 g/mol. The minimum atomic E-state index is -0.588. The lowest BCUT2D eigenvalue weighted by molar-refractivity contribution is -0.135. The summed E-state index contributed by atoms with van der Waals surface area (Å²) in [5.41, 5.74) is 3.20. The van der Waals surface area contributed by atoms with E-state index in [0.717, 1.165) is 37.1 Å². The summed E-state index contributed by atoms with van der Waals surface area (Å²) in [6.07, 6.45) is 11.6. The van der Waals surface area contributed by atoms with Gasteiger partial charge >= 0.3 is 6.09 Å². The Bertz CT molecular complexity index is 1450. The van der Waals surface area contributed by atoms with Crippen molar-refractivity contribution in [3.63, 3.8) is 0 Å². The molecule has 13 nitrogen and oxygen atoms in total. The van der Waals surface area contributed by atoms with Gasteiger partial charge in [0.25, 0.3) is 0 Å². The van der Waals surface area contributed by atoms with Gasteiger partial charge in [0.1, 0.15) is 11.9 Å². The molecule has 0 radical (unpaired) electrons. The van der Waals surface area contributed by atoms with Gasteiger partial charge in [-0.3, -0.25) is 9.59 Å². The number of amides is 2. The summed E-state index contributed by atoms with van der Waals surface area (Å²) in [7, 11) is 5.46. The molecule has 1 atom stereocenters. The first-order valence-corrected chi connectivity index (χ1v) is 15.3. The molecule has 2 aromatic rings. The molecule has 2 aromatic heterocycles. The number of nitrogens with one attached hydrogen (secondary N) is 3. The maximum Gasteiger partial charge on any atom is 0.435 e. The van der Waals surface area contributed by atoms with E-state index < -0.39 is 12.1 Å². The lowest BCUT2D eigenvalue weighted by Crippen LogP contribution is -2.45. The number of carbonyl (C=O) groups excluding carboxylic acids is 3. The number of aromatic nitrogens is 4. The van der Waals surface area contributed by atoms with E-state index in [-0.39, 0.29) is 18.4 Å². The molecule has 2 amide bonds. The van der Waals surface area contributed by atoms with Gasteiger partial charge in [0.2, 0.25) is 17.8 Å². The van der Waals surface area contributed by atoms with Crippen molar-refractivity contribution in [3.05, 3.63) is 47.1 Å². The Balaban J connectivity index is 1.56. The smallest absolute Gasteiger partial charge is 0.435 e. The summed E-state index contributed by atoms with van der Waals surface area (Å²) in [5.74, 6) is 6.92. The van der Waals surface area contributed by atoms with E-state index in [4.69, 9.17) is 4.74 Å². The zero-order valence-corrected chi connectivity index (χ0v) is 27.1. The molecule has 0 fully saturated rings. The molecule has 0 spiro atoms. The molecular formula is C32H45N9O4. The van der Waals surface area contributed by atoms with E-state index in [1.165, 1.54) is 15.7 Å². The van der Waals surface area contributed by atoms with Crippen molar-refractivity contribution in [3.8, 4) is 11.8 Å². The molecule has 1 aliphatic rings. The van der Waals surface area contributed by atoms with Gasteiger partial charge in [-0.15, -0.1) is 0 Å². The van der Waals surface area contributed by atoms with Gasteiger partial charge in [-0.2, -0.15) is 14.8 Å². The van der Waals surface area contributed by atoms with Crippen LogP contribution in [0.1, 0.15) is 63.3 Å². The van der Waals surface area contributed by atoms with E-state index in [1.54, 1.807) is 39.4 Å². The maximum atomic E-state index is 12.5. The van der Waals surface area contributed by atoms with Crippen LogP contribution in [0.5, 0.6) is 0 Å². The monoisotopic (exact) mass is 619 g/mol. The fourth-order valence-electron chi connectivity index (χ4n) is 4.27. The third kappa shape index (κ3) is 10.5. The van der Waals surface area contributed by atoms with E-state index in [0.29, 0.717) is 49.0 Å². The first-order valence-electron chi connectivity index (χ1n) is 15.3. The fourth-order valence-corrected chi connectivity index (χ4v) is 4.27. The lowest BCUT2D eigenvalue weighted by atomic mass is 10.0. The molecule has 242 valence electrons. The maximum absolute atomic E-state index is 12.5. The van der Waals surface area contributed by atoms with Crippen LogP contribution in [0.4, 0.5) is 16.6 Å². The van der Waals surface area contributed by atoms with Gasteiger partial charge < -0.3 is 30.5 Å². The van der Waals surface area contributed by atoms with Gasteiger partial charge in [-0.25, -0.2) is 9.78 Å². The van der Waals surface area contributed by atoms with Gasteiger partial charge in [-0.1, -0.05) is 24.8 Å². The van der Waals surface area contributed by atoms with Crippen molar-refractivity contribution in [2.45, 2.75) is 58.9 Å². The number of aryl methyl sites for hydroxylation is 1. The first kappa shape index (κ1) is 34.8. The second-order valence-electron chi connectivity index (χ2n) is 10.8. The van der Waals surface area contributed by atoms with Crippen LogP contribution in [-0.2, 0) is 20.7 Å². The van der Waals surface area contributed by atoms with Crippen LogP contribution in [0, 0.1) is 11.8 Å². The molecule has 3 N–H and O–H groups in total. The van der Waals surface area contributed by atoms with Crippen molar-refractivity contribution < 1.29 is 19.1 Å². The zero-order valence-electron chi connectivity index (χ0n) is 27.1. The Kier molecular flexibility index (Phi) is 13.6. The summed E-state index contributed by atoms with van der Waals surface area (Å²) in [6, 6.07) is -0.588. The molecule has 3 rings (SSSR count).